The highest BCUT2D eigenvalue weighted by Gasteiger charge is 2.28. The number of para-hydroxylation sites is 1. The average Bonchev–Trinajstić information content (AvgIpc) is 3.03. The molecule has 2 fully saturated rings. The van der Waals surface area contributed by atoms with Gasteiger partial charge >= 0.3 is 0 Å². The highest BCUT2D eigenvalue weighted by molar-refractivity contribution is 7.24. The highest BCUT2D eigenvalue weighted by atomic mass is 32.1. The molecule has 0 saturated carbocycles. The average molecular weight is 482 g/mol. The minimum atomic E-state index is -0.546. The minimum Gasteiger partial charge on any atom is -0.378 e. The van der Waals surface area contributed by atoms with Crippen LogP contribution in [0.1, 0.15) is 16.8 Å². The molecular weight excluding hydrogens is 457 g/mol. The zero-order valence-electron chi connectivity index (χ0n) is 18.6. The molecule has 8 nitrogen and oxygen atoms in total. The normalized spacial score (nSPS) is 17.6. The van der Waals surface area contributed by atoms with Crippen molar-refractivity contribution in [1.29, 1.82) is 0 Å². The summed E-state index contributed by atoms with van der Waals surface area (Å²) in [5.74, 6) is -0.648. The van der Waals surface area contributed by atoms with Gasteiger partial charge in [-0.2, -0.15) is 0 Å². The first-order valence-electron chi connectivity index (χ1n) is 11.5. The summed E-state index contributed by atoms with van der Waals surface area (Å²) in [6.45, 7) is 4.62. The Morgan fingerprint density at radius 3 is 2.79 bits per heavy atom. The Bertz CT molecular complexity index is 1470. The molecule has 1 aromatic carbocycles. The molecule has 2 aliphatic rings. The Labute approximate surface area is 198 Å². The molecule has 0 bridgehead atoms. The number of halogens is 1. The summed E-state index contributed by atoms with van der Waals surface area (Å²) in [6.07, 6.45) is 0.878. The fraction of sp³-hybridized carbons (Fsp3) is 0.375. The summed E-state index contributed by atoms with van der Waals surface area (Å²) in [7, 11) is 0. The van der Waals surface area contributed by atoms with Crippen molar-refractivity contribution in [3.8, 4) is 0 Å². The first-order valence-corrected chi connectivity index (χ1v) is 12.3. The van der Waals surface area contributed by atoms with Crippen LogP contribution in [0.25, 0.3) is 26.1 Å². The van der Waals surface area contributed by atoms with Crippen molar-refractivity contribution in [2.75, 3.05) is 57.4 Å². The molecule has 0 atom stereocenters. The number of rotatable bonds is 2. The van der Waals surface area contributed by atoms with Gasteiger partial charge in [0.1, 0.15) is 10.4 Å². The standard InChI is InChI=1S/C24H24FN5O3S/c25-16-14-15-20(31)19(23(32)29-10-12-33-13-11-29)24-30(17-4-1-2-5-18(17)34-24)21(15)27-22(16)28-8-3-6-26-7-9-28/h1-2,4-5,14,26H,3,6-13H2. The maximum absolute atomic E-state index is 15.4. The van der Waals surface area contributed by atoms with Crippen LogP contribution in [-0.2, 0) is 4.74 Å². The second-order valence-electron chi connectivity index (χ2n) is 8.57. The number of morpholine rings is 1. The summed E-state index contributed by atoms with van der Waals surface area (Å²) in [6, 6.07) is 8.98. The van der Waals surface area contributed by atoms with Crippen LogP contribution >= 0.6 is 11.3 Å². The van der Waals surface area contributed by atoms with Crippen molar-refractivity contribution < 1.29 is 13.9 Å². The zero-order valence-corrected chi connectivity index (χ0v) is 19.4. The van der Waals surface area contributed by atoms with Crippen LogP contribution in [0.5, 0.6) is 0 Å². The number of pyridine rings is 2. The number of thiazole rings is 1. The zero-order chi connectivity index (χ0) is 23.2. The Kier molecular flexibility index (Phi) is 5.43. The summed E-state index contributed by atoms with van der Waals surface area (Å²) in [4.78, 5) is 36.0. The van der Waals surface area contributed by atoms with E-state index in [2.05, 4.69) is 5.32 Å². The third-order valence-electron chi connectivity index (χ3n) is 6.50. The van der Waals surface area contributed by atoms with Crippen molar-refractivity contribution in [2.24, 2.45) is 0 Å². The van der Waals surface area contributed by atoms with Gasteiger partial charge in [0.05, 0.1) is 28.8 Å². The molecule has 0 radical (unpaired) electrons. The Morgan fingerprint density at radius 2 is 1.94 bits per heavy atom. The van der Waals surface area contributed by atoms with E-state index in [9.17, 15) is 9.59 Å². The maximum atomic E-state index is 15.4. The molecular formula is C24H24FN5O3S. The Balaban J connectivity index is 1.65. The van der Waals surface area contributed by atoms with Gasteiger partial charge in [0.2, 0.25) is 5.43 Å². The van der Waals surface area contributed by atoms with Gasteiger partial charge in [-0.3, -0.25) is 14.0 Å². The number of carbonyl (C=O) groups excluding carboxylic acids is 1. The van der Waals surface area contributed by atoms with Crippen molar-refractivity contribution in [3.63, 3.8) is 0 Å². The van der Waals surface area contributed by atoms with Gasteiger partial charge in [-0.1, -0.05) is 12.1 Å². The molecule has 4 aromatic rings. The molecule has 5 heterocycles. The van der Waals surface area contributed by atoms with Crippen molar-refractivity contribution in [3.05, 3.63) is 51.9 Å². The van der Waals surface area contributed by atoms with E-state index in [1.165, 1.54) is 17.4 Å². The molecule has 1 N–H and O–H groups in total. The Hall–Kier alpha value is -3.08. The van der Waals surface area contributed by atoms with Crippen LogP contribution in [0.4, 0.5) is 10.2 Å². The van der Waals surface area contributed by atoms with E-state index in [0.717, 1.165) is 29.7 Å². The van der Waals surface area contributed by atoms with E-state index in [1.807, 2.05) is 33.6 Å². The molecule has 1 amide bonds. The fourth-order valence-corrected chi connectivity index (χ4v) is 5.97. The predicted octanol–water partition coefficient (Wildman–Crippen LogP) is 2.47. The lowest BCUT2D eigenvalue weighted by atomic mass is 10.1. The van der Waals surface area contributed by atoms with Crippen LogP contribution in [-0.4, -0.2) is 72.7 Å². The molecule has 176 valence electrons. The minimum absolute atomic E-state index is 0.0727. The van der Waals surface area contributed by atoms with E-state index in [1.54, 1.807) is 4.90 Å². The number of hydrogen-bond acceptors (Lipinski definition) is 7. The maximum Gasteiger partial charge on any atom is 0.261 e. The lowest BCUT2D eigenvalue weighted by molar-refractivity contribution is 0.0303. The molecule has 0 unspecified atom stereocenters. The summed E-state index contributed by atoms with van der Waals surface area (Å²) in [5.41, 5.74) is 0.813. The SMILES string of the molecule is O=C(c1c(=O)c2cc(F)c(N3CCCNCC3)nc2n2c1sc1ccccc12)N1CCOCC1. The first-order chi connectivity index (χ1) is 16.6. The summed E-state index contributed by atoms with van der Waals surface area (Å²) >= 11 is 1.39. The number of hydrogen-bond donors (Lipinski definition) is 1. The topological polar surface area (TPSA) is 79.2 Å². The number of carbonyl (C=O) groups is 1. The quantitative estimate of drug-likeness (QED) is 0.474. The van der Waals surface area contributed by atoms with Crippen molar-refractivity contribution in [1.82, 2.24) is 19.6 Å². The highest BCUT2D eigenvalue weighted by Crippen LogP contribution is 2.32. The molecule has 34 heavy (non-hydrogen) atoms. The van der Waals surface area contributed by atoms with Crippen LogP contribution in [0.3, 0.4) is 0 Å². The summed E-state index contributed by atoms with van der Waals surface area (Å²) in [5, 5.41) is 3.43. The number of nitrogens with zero attached hydrogens (tertiary/aromatic N) is 4. The first kappa shape index (κ1) is 21.5. The lowest BCUT2D eigenvalue weighted by Crippen LogP contribution is -2.42. The van der Waals surface area contributed by atoms with E-state index >= 15 is 4.39 Å². The second kappa shape index (κ2) is 8.61. The molecule has 10 heteroatoms. The number of ether oxygens (including phenoxy) is 1. The van der Waals surface area contributed by atoms with Crippen LogP contribution < -0.4 is 15.6 Å². The molecule has 0 spiro atoms. The largest absolute Gasteiger partial charge is 0.378 e. The molecule has 3 aromatic heterocycles. The molecule has 6 rings (SSSR count). The third-order valence-corrected chi connectivity index (χ3v) is 7.65. The molecule has 2 saturated heterocycles. The van der Waals surface area contributed by atoms with Gasteiger partial charge in [0, 0.05) is 32.7 Å². The van der Waals surface area contributed by atoms with Crippen LogP contribution in [0.2, 0.25) is 0 Å². The van der Waals surface area contributed by atoms with Crippen LogP contribution in [0, 0.1) is 5.82 Å². The lowest BCUT2D eigenvalue weighted by Gasteiger charge is -2.27. The van der Waals surface area contributed by atoms with E-state index in [-0.39, 0.29) is 22.7 Å². The predicted molar refractivity (Wildman–Crippen MR) is 131 cm³/mol. The van der Waals surface area contributed by atoms with E-state index in [4.69, 9.17) is 9.72 Å². The number of aromatic nitrogens is 2. The summed E-state index contributed by atoms with van der Waals surface area (Å²) < 4.78 is 23.5. The van der Waals surface area contributed by atoms with Gasteiger partial charge in [-0.05, 0) is 31.2 Å². The van der Waals surface area contributed by atoms with Gasteiger partial charge in [0.15, 0.2) is 17.3 Å². The van der Waals surface area contributed by atoms with E-state index < -0.39 is 11.2 Å². The number of anilines is 1. The molecule has 0 aliphatic carbocycles. The van der Waals surface area contributed by atoms with Gasteiger partial charge in [-0.15, -0.1) is 11.3 Å². The van der Waals surface area contributed by atoms with Crippen molar-refractivity contribution in [2.45, 2.75) is 6.42 Å². The number of amides is 1. The van der Waals surface area contributed by atoms with Gasteiger partial charge in [-0.25, -0.2) is 9.37 Å². The number of benzene rings is 1. The number of nitrogens with one attached hydrogen (secondary N) is 1. The smallest absolute Gasteiger partial charge is 0.261 e. The second-order valence-corrected chi connectivity index (χ2v) is 9.61. The van der Waals surface area contributed by atoms with Gasteiger partial charge in [0.25, 0.3) is 5.91 Å². The van der Waals surface area contributed by atoms with Crippen molar-refractivity contribution >= 4 is 49.1 Å². The van der Waals surface area contributed by atoms with E-state index in [0.29, 0.717) is 49.9 Å². The molecule has 2 aliphatic heterocycles. The Morgan fingerprint density at radius 1 is 1.12 bits per heavy atom. The number of fused-ring (bicyclic) bond motifs is 5. The third kappa shape index (κ3) is 3.44. The monoisotopic (exact) mass is 481 g/mol. The van der Waals surface area contributed by atoms with Crippen LogP contribution in [0.15, 0.2) is 35.1 Å². The van der Waals surface area contributed by atoms with Gasteiger partial charge < -0.3 is 19.9 Å². The fourth-order valence-electron chi connectivity index (χ4n) is 4.79.